The second kappa shape index (κ2) is 9.69. The van der Waals surface area contributed by atoms with Crippen LogP contribution in [0, 0.1) is 11.3 Å². The van der Waals surface area contributed by atoms with Gasteiger partial charge in [0.2, 0.25) is 0 Å². The molecule has 0 radical (unpaired) electrons. The third kappa shape index (κ3) is 5.02. The van der Waals surface area contributed by atoms with Gasteiger partial charge >= 0.3 is 0 Å². The lowest BCUT2D eigenvalue weighted by Crippen LogP contribution is -1.94. The maximum absolute atomic E-state index is 9.87. The van der Waals surface area contributed by atoms with Crippen LogP contribution >= 0.6 is 11.8 Å². The minimum Gasteiger partial charge on any atom is -0.457 e. The lowest BCUT2D eigenvalue weighted by molar-refractivity contribution is 0.457. The fraction of sp³-hybridized carbons (Fsp3) is 0.0385. The van der Waals surface area contributed by atoms with E-state index in [2.05, 4.69) is 18.2 Å². The molecule has 146 valence electrons. The van der Waals surface area contributed by atoms with Crippen LogP contribution in [0.15, 0.2) is 108 Å². The molecule has 0 heterocycles. The first-order valence-electron chi connectivity index (χ1n) is 9.52. The molecule has 30 heavy (non-hydrogen) atoms. The third-order valence-electron chi connectivity index (χ3n) is 4.34. The van der Waals surface area contributed by atoms with Crippen molar-refractivity contribution in [2.45, 2.75) is 10.6 Å². The Balaban J connectivity index is 1.69. The fourth-order valence-corrected chi connectivity index (χ4v) is 3.91. The highest BCUT2D eigenvalue weighted by Gasteiger charge is 2.15. The monoisotopic (exact) mass is 409 g/mol. The molecule has 0 aliphatic rings. The van der Waals surface area contributed by atoms with E-state index in [1.165, 1.54) is 5.56 Å². The first kappa shape index (κ1) is 19.6. The van der Waals surface area contributed by atoms with E-state index in [9.17, 15) is 5.26 Å². The summed E-state index contributed by atoms with van der Waals surface area (Å²) >= 11 is 1.59. The Labute approximate surface area is 180 Å². The van der Waals surface area contributed by atoms with Gasteiger partial charge in [0.15, 0.2) is 0 Å². The predicted octanol–water partition coefficient (Wildman–Crippen LogP) is 7.44. The standard InChI is InChI=1S/C26H19NO2S/c27-18-24-25(29-22-14-8-3-9-15-22)16-23(28-21-12-6-2-7-13-21)17-26(24)30-19-20-10-4-1-5-11-20/h1-17H,19H2. The molecule has 0 aliphatic heterocycles. The van der Waals surface area contributed by atoms with Crippen LogP contribution in [0.4, 0.5) is 0 Å². The van der Waals surface area contributed by atoms with Crippen LogP contribution in [-0.2, 0) is 5.75 Å². The number of ether oxygens (including phenoxy) is 2. The smallest absolute Gasteiger partial charge is 0.150 e. The van der Waals surface area contributed by atoms with E-state index >= 15 is 0 Å². The molecular weight excluding hydrogens is 390 g/mol. The Morgan fingerprint density at radius 2 is 1.23 bits per heavy atom. The lowest BCUT2D eigenvalue weighted by Gasteiger charge is -2.14. The number of hydrogen-bond donors (Lipinski definition) is 0. The van der Waals surface area contributed by atoms with Gasteiger partial charge in [0, 0.05) is 16.7 Å². The number of thioether (sulfide) groups is 1. The van der Waals surface area contributed by atoms with Crippen LogP contribution in [0.2, 0.25) is 0 Å². The molecular formula is C26H19NO2S. The van der Waals surface area contributed by atoms with Crippen molar-refractivity contribution in [1.29, 1.82) is 5.26 Å². The third-order valence-corrected chi connectivity index (χ3v) is 5.45. The Kier molecular flexibility index (Phi) is 6.34. The summed E-state index contributed by atoms with van der Waals surface area (Å²) in [5, 5.41) is 9.87. The SMILES string of the molecule is N#Cc1c(Oc2ccccc2)cc(Oc2ccccc2)cc1SCc1ccccc1. The molecule has 4 heteroatoms. The Hall–Kier alpha value is -3.68. The molecule has 0 unspecified atom stereocenters. The molecule has 0 N–H and O–H groups in total. The quantitative estimate of drug-likeness (QED) is 0.298. The van der Waals surface area contributed by atoms with Crippen LogP contribution in [0.5, 0.6) is 23.0 Å². The topological polar surface area (TPSA) is 42.2 Å². The summed E-state index contributed by atoms with van der Waals surface area (Å²) in [5.41, 5.74) is 1.69. The normalized spacial score (nSPS) is 10.2. The van der Waals surface area contributed by atoms with E-state index < -0.39 is 0 Å². The van der Waals surface area contributed by atoms with Gasteiger partial charge in [0.1, 0.15) is 34.6 Å². The average Bonchev–Trinajstić information content (AvgIpc) is 2.80. The molecule has 3 nitrogen and oxygen atoms in total. The molecule has 4 aromatic carbocycles. The van der Waals surface area contributed by atoms with E-state index in [-0.39, 0.29) is 0 Å². The van der Waals surface area contributed by atoms with Crippen molar-refractivity contribution in [3.63, 3.8) is 0 Å². The first-order chi connectivity index (χ1) is 14.8. The fourth-order valence-electron chi connectivity index (χ4n) is 2.90. The van der Waals surface area contributed by atoms with Crippen molar-refractivity contribution < 1.29 is 9.47 Å². The van der Waals surface area contributed by atoms with Crippen LogP contribution in [0.1, 0.15) is 11.1 Å². The van der Waals surface area contributed by atoms with Gasteiger partial charge in [-0.3, -0.25) is 0 Å². The molecule has 0 spiro atoms. The second-order valence-electron chi connectivity index (χ2n) is 6.51. The summed E-state index contributed by atoms with van der Waals surface area (Å²) < 4.78 is 12.1. The van der Waals surface area contributed by atoms with E-state index in [4.69, 9.17) is 9.47 Å². The minimum absolute atomic E-state index is 0.479. The van der Waals surface area contributed by atoms with Crippen molar-refractivity contribution >= 4 is 11.8 Å². The van der Waals surface area contributed by atoms with E-state index in [1.807, 2.05) is 84.9 Å². The summed E-state index contributed by atoms with van der Waals surface area (Å²) in [6.07, 6.45) is 0. The van der Waals surface area contributed by atoms with Crippen LogP contribution in [-0.4, -0.2) is 0 Å². The van der Waals surface area contributed by atoms with Crippen molar-refractivity contribution in [2.24, 2.45) is 0 Å². The van der Waals surface area contributed by atoms with E-state index in [0.717, 1.165) is 16.4 Å². The van der Waals surface area contributed by atoms with Gasteiger partial charge < -0.3 is 9.47 Å². The summed E-state index contributed by atoms with van der Waals surface area (Å²) in [7, 11) is 0. The first-order valence-corrected chi connectivity index (χ1v) is 10.5. The van der Waals surface area contributed by atoms with Crippen LogP contribution in [0.25, 0.3) is 0 Å². The van der Waals surface area contributed by atoms with Crippen molar-refractivity contribution in [1.82, 2.24) is 0 Å². The minimum atomic E-state index is 0.479. The molecule has 0 fully saturated rings. The maximum Gasteiger partial charge on any atom is 0.150 e. The molecule has 4 rings (SSSR count). The van der Waals surface area contributed by atoms with Crippen LogP contribution < -0.4 is 9.47 Å². The molecule has 4 aromatic rings. The molecule has 0 bridgehead atoms. The molecule has 0 saturated carbocycles. The number of rotatable bonds is 7. The van der Waals surface area contributed by atoms with Gasteiger partial charge in [-0.05, 0) is 35.9 Å². The summed E-state index contributed by atoms with van der Waals surface area (Å²) in [6, 6.07) is 35.2. The molecule has 0 aliphatic carbocycles. The Morgan fingerprint density at radius 3 is 1.83 bits per heavy atom. The van der Waals surface area contributed by atoms with Gasteiger partial charge in [-0.1, -0.05) is 66.7 Å². The van der Waals surface area contributed by atoms with Gasteiger partial charge in [-0.15, -0.1) is 11.8 Å². The Bertz CT molecular complexity index is 1140. The number of hydrogen-bond acceptors (Lipinski definition) is 4. The summed E-state index contributed by atoms with van der Waals surface area (Å²) in [6.45, 7) is 0. The highest BCUT2D eigenvalue weighted by atomic mass is 32.2. The number of para-hydroxylation sites is 2. The van der Waals surface area contributed by atoms with E-state index in [1.54, 1.807) is 17.8 Å². The zero-order valence-corrected chi connectivity index (χ0v) is 17.0. The predicted molar refractivity (Wildman–Crippen MR) is 120 cm³/mol. The van der Waals surface area contributed by atoms with E-state index in [0.29, 0.717) is 22.8 Å². The molecule has 0 atom stereocenters. The molecule has 0 amide bonds. The lowest BCUT2D eigenvalue weighted by atomic mass is 10.2. The Morgan fingerprint density at radius 1 is 0.667 bits per heavy atom. The number of benzene rings is 4. The average molecular weight is 410 g/mol. The highest BCUT2D eigenvalue weighted by molar-refractivity contribution is 7.98. The molecule has 0 saturated heterocycles. The summed E-state index contributed by atoms with van der Waals surface area (Å²) in [4.78, 5) is 0.820. The van der Waals surface area contributed by atoms with Gasteiger partial charge in [0.25, 0.3) is 0 Å². The molecule has 0 aromatic heterocycles. The zero-order valence-electron chi connectivity index (χ0n) is 16.2. The number of nitrogens with zero attached hydrogens (tertiary/aromatic N) is 1. The van der Waals surface area contributed by atoms with Crippen LogP contribution in [0.3, 0.4) is 0 Å². The van der Waals surface area contributed by atoms with Crippen molar-refractivity contribution in [3.05, 3.63) is 114 Å². The highest BCUT2D eigenvalue weighted by Crippen LogP contribution is 2.39. The van der Waals surface area contributed by atoms with Crippen molar-refractivity contribution in [2.75, 3.05) is 0 Å². The zero-order chi connectivity index (χ0) is 20.6. The summed E-state index contributed by atoms with van der Waals surface area (Å²) in [5.74, 6) is 3.25. The maximum atomic E-state index is 9.87. The van der Waals surface area contributed by atoms with Gasteiger partial charge in [0.05, 0.1) is 0 Å². The number of nitriles is 1. The van der Waals surface area contributed by atoms with Gasteiger partial charge in [-0.25, -0.2) is 0 Å². The van der Waals surface area contributed by atoms with Crippen molar-refractivity contribution in [3.8, 4) is 29.1 Å². The second-order valence-corrected chi connectivity index (χ2v) is 7.53. The largest absolute Gasteiger partial charge is 0.457 e. The van der Waals surface area contributed by atoms with Gasteiger partial charge in [-0.2, -0.15) is 5.26 Å².